The van der Waals surface area contributed by atoms with E-state index < -0.39 is 0 Å². The molecule has 0 unspecified atom stereocenters. The highest BCUT2D eigenvalue weighted by atomic mass is 16.5. The van der Waals surface area contributed by atoms with Gasteiger partial charge in [-0.1, -0.05) is 19.3 Å². The fourth-order valence-electron chi connectivity index (χ4n) is 4.57. The molecule has 4 heteroatoms. The number of likely N-dealkylation sites (tertiary alicyclic amines) is 1. The van der Waals surface area contributed by atoms with Crippen molar-refractivity contribution in [3.63, 3.8) is 0 Å². The number of carbonyl (C=O) groups excluding carboxylic acids is 1. The molecule has 3 fully saturated rings. The van der Waals surface area contributed by atoms with E-state index in [1.165, 1.54) is 64.6 Å². The molecule has 3 aliphatic rings. The average molecular weight is 322 g/mol. The Hall–Kier alpha value is -0.610. The van der Waals surface area contributed by atoms with Crippen LogP contribution < -0.4 is 5.32 Å². The first-order valence-electron chi connectivity index (χ1n) is 9.91. The maximum Gasteiger partial charge on any atom is 0.220 e. The second-order valence-electron chi connectivity index (χ2n) is 7.84. The Bertz CT molecular complexity index is 362. The van der Waals surface area contributed by atoms with Crippen molar-refractivity contribution < 1.29 is 9.53 Å². The lowest BCUT2D eigenvalue weighted by atomic mass is 9.83. The van der Waals surface area contributed by atoms with Crippen LogP contribution in [0.1, 0.15) is 64.2 Å². The van der Waals surface area contributed by atoms with Crippen LogP contribution in [0.25, 0.3) is 0 Å². The molecule has 2 aliphatic heterocycles. The van der Waals surface area contributed by atoms with Gasteiger partial charge in [-0.05, 0) is 63.5 Å². The summed E-state index contributed by atoms with van der Waals surface area (Å²) in [5.41, 5.74) is 0. The van der Waals surface area contributed by atoms with Crippen LogP contribution in [0.3, 0.4) is 0 Å². The van der Waals surface area contributed by atoms with Gasteiger partial charge in [0.1, 0.15) is 0 Å². The van der Waals surface area contributed by atoms with E-state index in [2.05, 4.69) is 10.2 Å². The maximum atomic E-state index is 12.5. The molecule has 0 spiro atoms. The first kappa shape index (κ1) is 17.2. The molecule has 1 N–H and O–H groups in total. The molecule has 1 aliphatic carbocycles. The summed E-state index contributed by atoms with van der Waals surface area (Å²) >= 11 is 0. The highest BCUT2D eigenvalue weighted by Gasteiger charge is 2.29. The van der Waals surface area contributed by atoms with Crippen molar-refractivity contribution in [2.24, 2.45) is 11.8 Å². The molecular weight excluding hydrogens is 288 g/mol. The van der Waals surface area contributed by atoms with Crippen LogP contribution in [0.4, 0.5) is 0 Å². The molecule has 0 aromatic carbocycles. The van der Waals surface area contributed by atoms with Crippen molar-refractivity contribution in [1.82, 2.24) is 10.2 Å². The number of amides is 1. The smallest absolute Gasteiger partial charge is 0.220 e. The average Bonchev–Trinajstić information content (AvgIpc) is 2.58. The SMILES string of the molecule is O=C(CC1CCOCC1)N[C@@H]1CCCC[C@H]1CN1CCCCC1. The lowest BCUT2D eigenvalue weighted by molar-refractivity contribution is -0.124. The van der Waals surface area contributed by atoms with Gasteiger partial charge < -0.3 is 15.0 Å². The van der Waals surface area contributed by atoms with E-state index in [1.54, 1.807) is 0 Å². The second-order valence-corrected chi connectivity index (χ2v) is 7.84. The number of rotatable bonds is 5. The molecule has 2 atom stereocenters. The molecule has 1 amide bonds. The first-order chi connectivity index (χ1) is 11.3. The van der Waals surface area contributed by atoms with Crippen LogP contribution in [-0.2, 0) is 9.53 Å². The van der Waals surface area contributed by atoms with Crippen molar-refractivity contribution >= 4 is 5.91 Å². The summed E-state index contributed by atoms with van der Waals surface area (Å²) in [6, 6.07) is 0.415. The van der Waals surface area contributed by atoms with E-state index in [-0.39, 0.29) is 5.91 Å². The number of nitrogens with one attached hydrogen (secondary N) is 1. The summed E-state index contributed by atoms with van der Waals surface area (Å²) < 4.78 is 5.40. The fraction of sp³-hybridized carbons (Fsp3) is 0.947. The molecule has 132 valence electrons. The third-order valence-electron chi connectivity index (χ3n) is 6.01. The van der Waals surface area contributed by atoms with Gasteiger partial charge in [0, 0.05) is 32.2 Å². The number of hydrogen-bond donors (Lipinski definition) is 1. The summed E-state index contributed by atoms with van der Waals surface area (Å²) in [6.45, 7) is 5.39. The monoisotopic (exact) mass is 322 g/mol. The molecule has 0 bridgehead atoms. The molecule has 2 saturated heterocycles. The van der Waals surface area contributed by atoms with Gasteiger partial charge in [-0.15, -0.1) is 0 Å². The normalized spacial score (nSPS) is 31.0. The number of piperidine rings is 1. The lowest BCUT2D eigenvalue weighted by Crippen LogP contribution is -2.47. The van der Waals surface area contributed by atoms with Gasteiger partial charge in [0.05, 0.1) is 0 Å². The summed E-state index contributed by atoms with van der Waals surface area (Å²) in [4.78, 5) is 15.1. The van der Waals surface area contributed by atoms with Gasteiger partial charge in [-0.2, -0.15) is 0 Å². The van der Waals surface area contributed by atoms with Gasteiger partial charge in [0.2, 0.25) is 5.91 Å². The standard InChI is InChI=1S/C19H34N2O2/c22-19(14-16-8-12-23-13-9-16)20-18-7-3-2-6-17(18)15-21-10-4-1-5-11-21/h16-18H,1-15H2,(H,20,22)/t17-,18+/m0/s1. The van der Waals surface area contributed by atoms with E-state index in [1.807, 2.05) is 0 Å². The summed E-state index contributed by atoms with van der Waals surface area (Å²) in [5, 5.41) is 3.40. The molecule has 1 saturated carbocycles. The Morgan fingerprint density at radius 1 is 0.957 bits per heavy atom. The van der Waals surface area contributed by atoms with Gasteiger partial charge in [-0.3, -0.25) is 4.79 Å². The first-order valence-corrected chi connectivity index (χ1v) is 9.91. The van der Waals surface area contributed by atoms with Crippen LogP contribution in [-0.4, -0.2) is 49.7 Å². The maximum absolute atomic E-state index is 12.5. The molecule has 3 rings (SSSR count). The number of ether oxygens (including phenoxy) is 1. The number of hydrogen-bond acceptors (Lipinski definition) is 3. The summed E-state index contributed by atoms with van der Waals surface area (Å²) in [6.07, 6.45) is 12.0. The van der Waals surface area contributed by atoms with Crippen molar-refractivity contribution in [2.45, 2.75) is 70.3 Å². The van der Waals surface area contributed by atoms with E-state index in [4.69, 9.17) is 4.74 Å². The van der Waals surface area contributed by atoms with Crippen LogP contribution in [0.5, 0.6) is 0 Å². The van der Waals surface area contributed by atoms with Crippen LogP contribution >= 0.6 is 0 Å². The van der Waals surface area contributed by atoms with Crippen LogP contribution in [0.15, 0.2) is 0 Å². The summed E-state index contributed by atoms with van der Waals surface area (Å²) in [7, 11) is 0. The van der Waals surface area contributed by atoms with Gasteiger partial charge >= 0.3 is 0 Å². The second kappa shape index (κ2) is 9.03. The van der Waals surface area contributed by atoms with Gasteiger partial charge in [0.25, 0.3) is 0 Å². The van der Waals surface area contributed by atoms with Crippen molar-refractivity contribution in [3.8, 4) is 0 Å². The van der Waals surface area contributed by atoms with Crippen molar-refractivity contribution in [2.75, 3.05) is 32.8 Å². The number of carbonyl (C=O) groups is 1. The predicted molar refractivity (Wildman–Crippen MR) is 92.3 cm³/mol. The van der Waals surface area contributed by atoms with E-state index in [0.29, 0.717) is 24.3 Å². The zero-order chi connectivity index (χ0) is 15.9. The Labute approximate surface area is 141 Å². The Morgan fingerprint density at radius 2 is 1.70 bits per heavy atom. The Morgan fingerprint density at radius 3 is 2.48 bits per heavy atom. The minimum absolute atomic E-state index is 0.285. The van der Waals surface area contributed by atoms with Crippen LogP contribution in [0, 0.1) is 11.8 Å². The zero-order valence-corrected chi connectivity index (χ0v) is 14.6. The highest BCUT2D eigenvalue weighted by Crippen LogP contribution is 2.27. The Balaban J connectivity index is 1.46. The zero-order valence-electron chi connectivity index (χ0n) is 14.6. The molecule has 23 heavy (non-hydrogen) atoms. The third-order valence-corrected chi connectivity index (χ3v) is 6.01. The molecule has 2 heterocycles. The highest BCUT2D eigenvalue weighted by molar-refractivity contribution is 5.76. The number of nitrogens with zero attached hydrogens (tertiary/aromatic N) is 1. The lowest BCUT2D eigenvalue weighted by Gasteiger charge is -2.37. The van der Waals surface area contributed by atoms with E-state index >= 15 is 0 Å². The van der Waals surface area contributed by atoms with Gasteiger partial charge in [-0.25, -0.2) is 0 Å². The van der Waals surface area contributed by atoms with Crippen molar-refractivity contribution in [3.05, 3.63) is 0 Å². The van der Waals surface area contributed by atoms with Gasteiger partial charge in [0.15, 0.2) is 0 Å². The topological polar surface area (TPSA) is 41.6 Å². The van der Waals surface area contributed by atoms with E-state index in [9.17, 15) is 4.79 Å². The molecule has 4 nitrogen and oxygen atoms in total. The summed E-state index contributed by atoms with van der Waals surface area (Å²) in [5.74, 6) is 1.49. The molecule has 0 aromatic rings. The predicted octanol–water partition coefficient (Wildman–Crippen LogP) is 2.96. The van der Waals surface area contributed by atoms with E-state index in [0.717, 1.165) is 26.1 Å². The fourth-order valence-corrected chi connectivity index (χ4v) is 4.57. The largest absolute Gasteiger partial charge is 0.381 e. The minimum Gasteiger partial charge on any atom is -0.381 e. The Kier molecular flexibility index (Phi) is 6.76. The molecular formula is C19H34N2O2. The minimum atomic E-state index is 0.285. The third kappa shape index (κ3) is 5.46. The van der Waals surface area contributed by atoms with Crippen LogP contribution in [0.2, 0.25) is 0 Å². The quantitative estimate of drug-likeness (QED) is 0.846. The molecule has 0 aromatic heterocycles. The molecule has 0 radical (unpaired) electrons. The van der Waals surface area contributed by atoms with Crippen molar-refractivity contribution in [1.29, 1.82) is 0 Å².